The third-order valence-electron chi connectivity index (χ3n) is 6.21. The summed E-state index contributed by atoms with van der Waals surface area (Å²) in [6.45, 7) is 3.99. The normalized spacial score (nSPS) is 16.8. The van der Waals surface area contributed by atoms with Gasteiger partial charge in [-0.2, -0.15) is 5.10 Å². The highest BCUT2D eigenvalue weighted by atomic mass is 16.2. The first kappa shape index (κ1) is 21.3. The second-order valence-electron chi connectivity index (χ2n) is 8.65. The molecule has 0 radical (unpaired) electrons. The van der Waals surface area contributed by atoms with Gasteiger partial charge in [-0.3, -0.25) is 4.79 Å². The number of hydrogen-bond donors (Lipinski definition) is 3. The molecule has 5 rings (SSSR count). The van der Waals surface area contributed by atoms with Gasteiger partial charge in [0.2, 0.25) is 0 Å². The van der Waals surface area contributed by atoms with Crippen LogP contribution in [0.5, 0.6) is 0 Å². The van der Waals surface area contributed by atoms with Gasteiger partial charge in [-0.05, 0) is 73.9 Å². The third-order valence-corrected chi connectivity index (χ3v) is 6.21. The number of nitrogens with zero attached hydrogens (tertiary/aromatic N) is 3. The Morgan fingerprint density at radius 2 is 2.03 bits per heavy atom. The Labute approximate surface area is 193 Å². The summed E-state index contributed by atoms with van der Waals surface area (Å²) in [4.78, 5) is 24.3. The molecule has 3 N–H and O–H groups in total. The van der Waals surface area contributed by atoms with Crippen LogP contribution in [-0.4, -0.2) is 33.1 Å². The third kappa shape index (κ3) is 4.78. The highest BCUT2D eigenvalue weighted by molar-refractivity contribution is 6.32. The first-order valence-electron chi connectivity index (χ1n) is 11.5. The fourth-order valence-corrected chi connectivity index (χ4v) is 4.44. The van der Waals surface area contributed by atoms with E-state index in [0.29, 0.717) is 22.9 Å². The summed E-state index contributed by atoms with van der Waals surface area (Å²) >= 11 is 0. The van der Waals surface area contributed by atoms with Crippen molar-refractivity contribution in [2.24, 2.45) is 5.10 Å². The standard InChI is InChI=1S/C26H28N6O/c1-17-20(8-5-12-27-15-18-6-3-2-4-7-18)24(19-9-10-19)23(30-17)14-21-25(31-32-26(21)33)22-11-13-28-16-29-22/h2-4,6-7,11,13-14,16,19,27,30H,5,8-10,12,15H2,1H3,(H,32,33). The molecule has 0 saturated heterocycles. The van der Waals surface area contributed by atoms with E-state index in [0.717, 1.165) is 31.6 Å². The quantitative estimate of drug-likeness (QED) is 0.350. The Bertz CT molecular complexity index is 1190. The molecule has 1 aromatic carbocycles. The summed E-state index contributed by atoms with van der Waals surface area (Å²) in [5.74, 6) is 0.363. The van der Waals surface area contributed by atoms with Gasteiger partial charge in [-0.1, -0.05) is 30.3 Å². The van der Waals surface area contributed by atoms with Gasteiger partial charge in [-0.25, -0.2) is 15.4 Å². The predicted molar refractivity (Wildman–Crippen MR) is 129 cm³/mol. The van der Waals surface area contributed by atoms with E-state index < -0.39 is 0 Å². The summed E-state index contributed by atoms with van der Waals surface area (Å²) in [5.41, 5.74) is 10.6. The van der Waals surface area contributed by atoms with Crippen LogP contribution in [0.15, 0.2) is 59.6 Å². The molecule has 3 heterocycles. The molecule has 2 aromatic heterocycles. The fourth-order valence-electron chi connectivity index (χ4n) is 4.44. The van der Waals surface area contributed by atoms with E-state index in [1.807, 2.05) is 12.1 Å². The molecule has 3 aromatic rings. The molecule has 7 nitrogen and oxygen atoms in total. The lowest BCUT2D eigenvalue weighted by Crippen LogP contribution is -2.15. The van der Waals surface area contributed by atoms with Crippen LogP contribution in [0.25, 0.3) is 6.08 Å². The molecular formula is C26H28N6O. The minimum atomic E-state index is -0.204. The molecule has 2 aliphatic rings. The molecule has 0 spiro atoms. The SMILES string of the molecule is Cc1[nH]c(C=C2C(=O)NN=C2c2ccncn2)c(C2CC2)c1CCCNCc1ccccc1. The maximum atomic E-state index is 12.6. The number of H-pyrrole nitrogens is 1. The van der Waals surface area contributed by atoms with Gasteiger partial charge >= 0.3 is 0 Å². The number of aromatic nitrogens is 3. The van der Waals surface area contributed by atoms with Crippen molar-refractivity contribution in [3.8, 4) is 0 Å². The summed E-state index contributed by atoms with van der Waals surface area (Å²) in [5, 5.41) is 7.76. The Balaban J connectivity index is 1.32. The molecule has 0 atom stereocenters. The average molecular weight is 441 g/mol. The van der Waals surface area contributed by atoms with E-state index in [4.69, 9.17) is 0 Å². The first-order chi connectivity index (χ1) is 16.2. The topological polar surface area (TPSA) is 95.1 Å². The number of carbonyl (C=O) groups is 1. The van der Waals surface area contributed by atoms with Crippen LogP contribution in [0.3, 0.4) is 0 Å². The van der Waals surface area contributed by atoms with Crippen molar-refractivity contribution < 1.29 is 4.79 Å². The second-order valence-corrected chi connectivity index (χ2v) is 8.65. The van der Waals surface area contributed by atoms with E-state index in [2.05, 4.69) is 62.0 Å². The van der Waals surface area contributed by atoms with Gasteiger partial charge in [0.1, 0.15) is 12.0 Å². The minimum Gasteiger partial charge on any atom is -0.359 e. The van der Waals surface area contributed by atoms with Crippen molar-refractivity contribution in [1.29, 1.82) is 0 Å². The van der Waals surface area contributed by atoms with Crippen LogP contribution in [-0.2, 0) is 17.8 Å². The zero-order valence-electron chi connectivity index (χ0n) is 18.8. The lowest BCUT2D eigenvalue weighted by atomic mass is 9.98. The maximum absolute atomic E-state index is 12.6. The van der Waals surface area contributed by atoms with Crippen LogP contribution in [0.1, 0.15) is 59.0 Å². The number of carbonyl (C=O) groups excluding carboxylic acids is 1. The van der Waals surface area contributed by atoms with Crippen molar-refractivity contribution in [3.05, 3.63) is 88.3 Å². The largest absolute Gasteiger partial charge is 0.359 e. The van der Waals surface area contributed by atoms with Gasteiger partial charge in [0.25, 0.3) is 5.91 Å². The number of benzene rings is 1. The van der Waals surface area contributed by atoms with Crippen LogP contribution in [0, 0.1) is 6.92 Å². The second kappa shape index (κ2) is 9.50. The van der Waals surface area contributed by atoms with Gasteiger partial charge in [-0.15, -0.1) is 0 Å². The van der Waals surface area contributed by atoms with Crippen LogP contribution < -0.4 is 10.7 Å². The average Bonchev–Trinajstić information content (AvgIpc) is 3.55. The van der Waals surface area contributed by atoms with E-state index in [-0.39, 0.29) is 5.91 Å². The Morgan fingerprint density at radius 1 is 1.18 bits per heavy atom. The molecule has 1 aliphatic heterocycles. The minimum absolute atomic E-state index is 0.204. The fraction of sp³-hybridized carbons (Fsp3) is 0.308. The molecule has 1 aliphatic carbocycles. The Hall–Kier alpha value is -3.58. The smallest absolute Gasteiger partial charge is 0.273 e. The van der Waals surface area contributed by atoms with Crippen molar-refractivity contribution in [2.45, 2.75) is 45.1 Å². The highest BCUT2D eigenvalue weighted by Gasteiger charge is 2.32. The maximum Gasteiger partial charge on any atom is 0.273 e. The summed E-state index contributed by atoms with van der Waals surface area (Å²) in [7, 11) is 0. The number of rotatable bonds is 9. The van der Waals surface area contributed by atoms with Gasteiger partial charge in [0, 0.05) is 24.1 Å². The number of aromatic amines is 1. The van der Waals surface area contributed by atoms with Crippen LogP contribution in [0.2, 0.25) is 0 Å². The Morgan fingerprint density at radius 3 is 2.79 bits per heavy atom. The molecule has 0 bridgehead atoms. The van der Waals surface area contributed by atoms with E-state index in [1.165, 1.54) is 41.6 Å². The summed E-state index contributed by atoms with van der Waals surface area (Å²) in [6.07, 6.45) is 9.55. The van der Waals surface area contributed by atoms with E-state index in [9.17, 15) is 4.79 Å². The summed E-state index contributed by atoms with van der Waals surface area (Å²) < 4.78 is 0. The van der Waals surface area contributed by atoms with Gasteiger partial charge in [0.15, 0.2) is 0 Å². The van der Waals surface area contributed by atoms with Crippen molar-refractivity contribution >= 4 is 17.7 Å². The molecule has 1 amide bonds. The molecule has 7 heteroatoms. The van der Waals surface area contributed by atoms with E-state index in [1.54, 1.807) is 12.3 Å². The lowest BCUT2D eigenvalue weighted by Gasteiger charge is -2.08. The first-order valence-corrected chi connectivity index (χ1v) is 11.5. The Kier molecular flexibility index (Phi) is 6.13. The molecule has 33 heavy (non-hydrogen) atoms. The molecule has 1 saturated carbocycles. The van der Waals surface area contributed by atoms with Crippen molar-refractivity contribution in [2.75, 3.05) is 6.54 Å². The number of hydrazone groups is 1. The predicted octanol–water partition coefficient (Wildman–Crippen LogP) is 3.63. The number of amides is 1. The molecule has 168 valence electrons. The van der Waals surface area contributed by atoms with Gasteiger partial charge < -0.3 is 10.3 Å². The summed E-state index contributed by atoms with van der Waals surface area (Å²) in [6, 6.07) is 12.2. The molecule has 0 unspecified atom stereocenters. The van der Waals surface area contributed by atoms with Crippen LogP contribution in [0.4, 0.5) is 0 Å². The molecule has 1 fully saturated rings. The zero-order valence-corrected chi connectivity index (χ0v) is 18.8. The number of nitrogens with one attached hydrogen (secondary N) is 3. The van der Waals surface area contributed by atoms with E-state index >= 15 is 0 Å². The van der Waals surface area contributed by atoms with Gasteiger partial charge in [0.05, 0.1) is 11.3 Å². The van der Waals surface area contributed by atoms with Crippen molar-refractivity contribution in [1.82, 2.24) is 25.7 Å². The number of hydrogen-bond acceptors (Lipinski definition) is 5. The lowest BCUT2D eigenvalue weighted by molar-refractivity contribution is -0.116. The highest BCUT2D eigenvalue weighted by Crippen LogP contribution is 2.45. The van der Waals surface area contributed by atoms with Crippen LogP contribution >= 0.6 is 0 Å². The number of aryl methyl sites for hydroxylation is 1. The zero-order chi connectivity index (χ0) is 22.6. The van der Waals surface area contributed by atoms with Crippen molar-refractivity contribution in [3.63, 3.8) is 0 Å². The molecular weight excluding hydrogens is 412 g/mol. The monoisotopic (exact) mass is 440 g/mol.